The molecule has 0 amide bonds. The third-order valence-electron chi connectivity index (χ3n) is 4.41. The van der Waals surface area contributed by atoms with E-state index in [1.165, 1.54) is 6.42 Å². The molecular weight excluding hydrogens is 292 g/mol. The quantitative estimate of drug-likeness (QED) is 0.616. The summed E-state index contributed by atoms with van der Waals surface area (Å²) in [5.41, 5.74) is 5.96. The highest BCUT2D eigenvalue weighted by Gasteiger charge is 2.21. The van der Waals surface area contributed by atoms with Crippen molar-refractivity contribution < 1.29 is 4.74 Å². The van der Waals surface area contributed by atoms with Gasteiger partial charge in [-0.25, -0.2) is 9.97 Å². The van der Waals surface area contributed by atoms with Gasteiger partial charge in [-0.3, -0.25) is 4.99 Å². The van der Waals surface area contributed by atoms with Gasteiger partial charge in [-0.2, -0.15) is 0 Å². The lowest BCUT2D eigenvalue weighted by Crippen LogP contribution is -2.40. The molecule has 2 unspecified atom stereocenters. The summed E-state index contributed by atoms with van der Waals surface area (Å²) in [6.07, 6.45) is 8.42. The zero-order chi connectivity index (χ0) is 15.9. The number of hydrogen-bond donors (Lipinski definition) is 2. The SMILES string of the molecule is NC(=NCC1CCCN(c2ncccn2)C1)NCC1CCCO1. The fourth-order valence-corrected chi connectivity index (χ4v) is 3.16. The van der Waals surface area contributed by atoms with Gasteiger partial charge in [0, 0.05) is 45.2 Å². The topological polar surface area (TPSA) is 88.7 Å². The Bertz CT molecular complexity index is 503. The average Bonchev–Trinajstić information content (AvgIpc) is 3.13. The second kappa shape index (κ2) is 8.10. The summed E-state index contributed by atoms with van der Waals surface area (Å²) < 4.78 is 5.57. The lowest BCUT2D eigenvalue weighted by molar-refractivity contribution is 0.114. The standard InChI is InChI=1S/C16H26N6O/c17-15(21-11-14-5-2-9-23-14)20-10-13-4-1-8-22(12-13)16-18-6-3-7-19-16/h3,6-7,13-14H,1-2,4-5,8-12H2,(H3,17,20,21). The van der Waals surface area contributed by atoms with Crippen LogP contribution in [0, 0.1) is 5.92 Å². The van der Waals surface area contributed by atoms with Crippen molar-refractivity contribution in [2.24, 2.45) is 16.6 Å². The highest BCUT2D eigenvalue weighted by atomic mass is 16.5. The van der Waals surface area contributed by atoms with Crippen LogP contribution in [-0.4, -0.2) is 54.8 Å². The maximum atomic E-state index is 5.96. The van der Waals surface area contributed by atoms with Gasteiger partial charge in [0.1, 0.15) is 0 Å². The molecule has 7 nitrogen and oxygen atoms in total. The van der Waals surface area contributed by atoms with Crippen LogP contribution in [0.3, 0.4) is 0 Å². The molecule has 2 atom stereocenters. The predicted octanol–water partition coefficient (Wildman–Crippen LogP) is 0.776. The fourth-order valence-electron chi connectivity index (χ4n) is 3.16. The molecule has 0 saturated carbocycles. The molecule has 0 aromatic carbocycles. The van der Waals surface area contributed by atoms with Gasteiger partial charge in [-0.05, 0) is 37.7 Å². The van der Waals surface area contributed by atoms with Crippen LogP contribution in [0.4, 0.5) is 5.95 Å². The summed E-state index contributed by atoms with van der Waals surface area (Å²) in [5, 5.41) is 3.17. The number of ether oxygens (including phenoxy) is 1. The van der Waals surface area contributed by atoms with Crippen molar-refractivity contribution in [3.63, 3.8) is 0 Å². The summed E-state index contributed by atoms with van der Waals surface area (Å²) in [7, 11) is 0. The molecule has 3 N–H and O–H groups in total. The largest absolute Gasteiger partial charge is 0.376 e. The number of nitrogens with two attached hydrogens (primary N) is 1. The number of nitrogens with zero attached hydrogens (tertiary/aromatic N) is 4. The van der Waals surface area contributed by atoms with Crippen molar-refractivity contribution in [1.29, 1.82) is 0 Å². The molecule has 126 valence electrons. The van der Waals surface area contributed by atoms with Gasteiger partial charge < -0.3 is 20.7 Å². The van der Waals surface area contributed by atoms with Crippen LogP contribution in [0.1, 0.15) is 25.7 Å². The van der Waals surface area contributed by atoms with Gasteiger partial charge in [0.15, 0.2) is 5.96 Å². The van der Waals surface area contributed by atoms with Crippen LogP contribution >= 0.6 is 0 Å². The molecule has 0 bridgehead atoms. The summed E-state index contributed by atoms with van der Waals surface area (Å²) in [4.78, 5) is 15.4. The summed E-state index contributed by atoms with van der Waals surface area (Å²) >= 11 is 0. The number of nitrogens with one attached hydrogen (secondary N) is 1. The first-order valence-corrected chi connectivity index (χ1v) is 8.48. The fraction of sp³-hybridized carbons (Fsp3) is 0.688. The second-order valence-corrected chi connectivity index (χ2v) is 6.24. The minimum Gasteiger partial charge on any atom is -0.376 e. The van der Waals surface area contributed by atoms with Crippen LogP contribution in [0.25, 0.3) is 0 Å². The molecule has 2 aliphatic heterocycles. The monoisotopic (exact) mass is 318 g/mol. The van der Waals surface area contributed by atoms with Gasteiger partial charge in [0.25, 0.3) is 0 Å². The van der Waals surface area contributed by atoms with Crippen molar-refractivity contribution in [3.8, 4) is 0 Å². The van der Waals surface area contributed by atoms with E-state index in [9.17, 15) is 0 Å². The molecule has 0 spiro atoms. The zero-order valence-electron chi connectivity index (χ0n) is 13.5. The molecular formula is C16H26N6O. The molecule has 2 fully saturated rings. The molecule has 3 rings (SSSR count). The molecule has 1 aromatic heterocycles. The number of rotatable bonds is 5. The smallest absolute Gasteiger partial charge is 0.225 e. The van der Waals surface area contributed by atoms with Crippen molar-refractivity contribution in [2.75, 3.05) is 37.7 Å². The molecule has 0 radical (unpaired) electrons. The van der Waals surface area contributed by atoms with Crippen LogP contribution in [0.2, 0.25) is 0 Å². The lowest BCUT2D eigenvalue weighted by Gasteiger charge is -2.31. The van der Waals surface area contributed by atoms with Crippen molar-refractivity contribution in [2.45, 2.75) is 31.8 Å². The van der Waals surface area contributed by atoms with Gasteiger partial charge in [-0.15, -0.1) is 0 Å². The average molecular weight is 318 g/mol. The maximum absolute atomic E-state index is 5.96. The normalized spacial score (nSPS) is 25.6. The molecule has 3 heterocycles. The van der Waals surface area contributed by atoms with E-state index >= 15 is 0 Å². The van der Waals surface area contributed by atoms with E-state index in [0.717, 1.165) is 58.0 Å². The minimum atomic E-state index is 0.282. The third kappa shape index (κ3) is 4.79. The van der Waals surface area contributed by atoms with E-state index in [-0.39, 0.29) is 6.10 Å². The Kier molecular flexibility index (Phi) is 5.63. The molecule has 23 heavy (non-hydrogen) atoms. The maximum Gasteiger partial charge on any atom is 0.225 e. The van der Waals surface area contributed by atoms with E-state index in [1.54, 1.807) is 12.4 Å². The lowest BCUT2D eigenvalue weighted by atomic mass is 9.98. The molecule has 2 aliphatic rings. The van der Waals surface area contributed by atoms with Crippen molar-refractivity contribution in [1.82, 2.24) is 15.3 Å². The van der Waals surface area contributed by atoms with Crippen molar-refractivity contribution >= 4 is 11.9 Å². The highest BCUT2D eigenvalue weighted by molar-refractivity contribution is 5.77. The van der Waals surface area contributed by atoms with Gasteiger partial charge >= 0.3 is 0 Å². The Morgan fingerprint density at radius 2 is 2.22 bits per heavy atom. The van der Waals surface area contributed by atoms with E-state index in [0.29, 0.717) is 11.9 Å². The number of aromatic nitrogens is 2. The first-order valence-electron chi connectivity index (χ1n) is 8.48. The Morgan fingerprint density at radius 1 is 1.35 bits per heavy atom. The summed E-state index contributed by atoms with van der Waals surface area (Å²) in [5.74, 6) is 1.83. The van der Waals surface area contributed by atoms with Gasteiger partial charge in [-0.1, -0.05) is 0 Å². The van der Waals surface area contributed by atoms with Crippen LogP contribution in [-0.2, 0) is 4.74 Å². The Hall–Kier alpha value is -1.89. The number of guanidine groups is 1. The number of piperidine rings is 1. The van der Waals surface area contributed by atoms with E-state index < -0.39 is 0 Å². The van der Waals surface area contributed by atoms with Gasteiger partial charge in [0.05, 0.1) is 6.10 Å². The van der Waals surface area contributed by atoms with E-state index in [4.69, 9.17) is 10.5 Å². The number of aliphatic imine (C=N–C) groups is 1. The number of hydrogen-bond acceptors (Lipinski definition) is 5. The molecule has 2 saturated heterocycles. The molecule has 1 aromatic rings. The second-order valence-electron chi connectivity index (χ2n) is 6.24. The predicted molar refractivity (Wildman–Crippen MR) is 90.4 cm³/mol. The van der Waals surface area contributed by atoms with Crippen LogP contribution in [0.5, 0.6) is 0 Å². The van der Waals surface area contributed by atoms with Crippen LogP contribution in [0.15, 0.2) is 23.5 Å². The first-order chi connectivity index (χ1) is 11.3. The zero-order valence-corrected chi connectivity index (χ0v) is 13.5. The first kappa shape index (κ1) is 16.0. The number of anilines is 1. The summed E-state index contributed by atoms with van der Waals surface area (Å²) in [6.45, 7) is 4.31. The molecule has 7 heteroatoms. The van der Waals surface area contributed by atoms with Crippen LogP contribution < -0.4 is 16.0 Å². The summed E-state index contributed by atoms with van der Waals surface area (Å²) in [6, 6.07) is 1.84. The Morgan fingerprint density at radius 3 is 3.00 bits per heavy atom. The van der Waals surface area contributed by atoms with E-state index in [2.05, 4.69) is 25.2 Å². The Labute approximate surface area is 137 Å². The van der Waals surface area contributed by atoms with Crippen molar-refractivity contribution in [3.05, 3.63) is 18.5 Å². The van der Waals surface area contributed by atoms with E-state index in [1.807, 2.05) is 6.07 Å². The minimum absolute atomic E-state index is 0.282. The Balaban J connectivity index is 1.44. The molecule has 0 aliphatic carbocycles. The highest BCUT2D eigenvalue weighted by Crippen LogP contribution is 2.20. The van der Waals surface area contributed by atoms with Gasteiger partial charge in [0.2, 0.25) is 5.95 Å². The third-order valence-corrected chi connectivity index (χ3v) is 4.41.